The molecule has 0 atom stereocenters. The quantitative estimate of drug-likeness (QED) is 0.533. The van der Waals surface area contributed by atoms with Crippen LogP contribution in [0.1, 0.15) is 16.2 Å². The molecule has 0 fully saturated rings. The average Bonchev–Trinajstić information content (AvgIpc) is 2.46. The highest BCUT2D eigenvalue weighted by molar-refractivity contribution is 6.34. The van der Waals surface area contributed by atoms with Crippen molar-refractivity contribution >= 4 is 28.3 Å². The summed E-state index contributed by atoms with van der Waals surface area (Å²) in [5.41, 5.74) is 0.767. The molecule has 1 aromatic heterocycles. The van der Waals surface area contributed by atoms with E-state index in [1.165, 1.54) is 18.2 Å². The van der Waals surface area contributed by atoms with Gasteiger partial charge in [-0.1, -0.05) is 35.9 Å². The van der Waals surface area contributed by atoms with Crippen LogP contribution in [-0.4, -0.2) is 15.8 Å². The van der Waals surface area contributed by atoms with Gasteiger partial charge in [0.1, 0.15) is 11.0 Å². The molecule has 3 nitrogen and oxygen atoms in total. The summed E-state index contributed by atoms with van der Waals surface area (Å²) in [5, 5.41) is 0.875. The van der Waals surface area contributed by atoms with Crippen LogP contribution in [0.15, 0.2) is 48.5 Å². The molecule has 3 rings (SSSR count). The summed E-state index contributed by atoms with van der Waals surface area (Å²) in [6.07, 6.45) is 0. The third-order valence-electron chi connectivity index (χ3n) is 2.85. The van der Waals surface area contributed by atoms with E-state index in [4.69, 9.17) is 11.6 Å². The van der Waals surface area contributed by atoms with Crippen LogP contribution in [0.2, 0.25) is 5.15 Å². The third-order valence-corrected chi connectivity index (χ3v) is 3.13. The molecular formula is C15H8ClFN2O. The first-order chi connectivity index (χ1) is 9.65. The summed E-state index contributed by atoms with van der Waals surface area (Å²) in [6.45, 7) is 0. The molecular weight excluding hydrogens is 279 g/mol. The Bertz CT molecular complexity index is 820. The highest BCUT2D eigenvalue weighted by atomic mass is 35.5. The third kappa shape index (κ3) is 2.26. The van der Waals surface area contributed by atoms with Crippen molar-refractivity contribution in [2.24, 2.45) is 0 Å². The van der Waals surface area contributed by atoms with Crippen molar-refractivity contribution in [2.75, 3.05) is 0 Å². The van der Waals surface area contributed by atoms with E-state index < -0.39 is 11.6 Å². The number of ketones is 1. The van der Waals surface area contributed by atoms with E-state index in [1.54, 1.807) is 18.2 Å². The van der Waals surface area contributed by atoms with E-state index in [-0.39, 0.29) is 16.5 Å². The molecule has 98 valence electrons. The molecule has 0 aliphatic carbocycles. The first kappa shape index (κ1) is 12.7. The zero-order chi connectivity index (χ0) is 14.1. The number of aromatic nitrogens is 2. The Morgan fingerprint density at radius 1 is 1.05 bits per heavy atom. The van der Waals surface area contributed by atoms with Gasteiger partial charge in [0.15, 0.2) is 0 Å². The zero-order valence-corrected chi connectivity index (χ0v) is 10.9. The molecule has 0 N–H and O–H groups in total. The summed E-state index contributed by atoms with van der Waals surface area (Å²) in [7, 11) is 0. The molecule has 5 heteroatoms. The summed E-state index contributed by atoms with van der Waals surface area (Å²) in [4.78, 5) is 20.4. The Balaban J connectivity index is 2.12. The van der Waals surface area contributed by atoms with Gasteiger partial charge < -0.3 is 0 Å². The van der Waals surface area contributed by atoms with Crippen molar-refractivity contribution in [2.45, 2.75) is 0 Å². The lowest BCUT2D eigenvalue weighted by Crippen LogP contribution is -2.08. The predicted octanol–water partition coefficient (Wildman–Crippen LogP) is 3.65. The van der Waals surface area contributed by atoms with Crippen LogP contribution in [0.25, 0.3) is 10.9 Å². The number of rotatable bonds is 2. The number of hydrogen-bond acceptors (Lipinski definition) is 3. The van der Waals surface area contributed by atoms with E-state index in [1.807, 2.05) is 6.07 Å². The largest absolute Gasteiger partial charge is 0.285 e. The molecule has 0 saturated carbocycles. The number of carbonyl (C=O) groups is 1. The maximum absolute atomic E-state index is 13.2. The summed E-state index contributed by atoms with van der Waals surface area (Å²) in [5.74, 6) is -0.987. The van der Waals surface area contributed by atoms with Crippen LogP contribution in [0, 0.1) is 5.82 Å². The van der Waals surface area contributed by atoms with Gasteiger partial charge in [-0.25, -0.2) is 14.4 Å². The Labute approximate surface area is 119 Å². The first-order valence-electron chi connectivity index (χ1n) is 5.88. The predicted molar refractivity (Wildman–Crippen MR) is 74.4 cm³/mol. The summed E-state index contributed by atoms with van der Waals surface area (Å²) < 4.78 is 13.2. The lowest BCUT2D eigenvalue weighted by molar-refractivity contribution is 0.102. The number of fused-ring (bicyclic) bond motifs is 1. The number of carbonyl (C=O) groups excluding carboxylic acids is 1. The van der Waals surface area contributed by atoms with Crippen LogP contribution in [-0.2, 0) is 0 Å². The molecule has 0 saturated heterocycles. The lowest BCUT2D eigenvalue weighted by atomic mass is 10.1. The van der Waals surface area contributed by atoms with Gasteiger partial charge in [0.2, 0.25) is 11.6 Å². The van der Waals surface area contributed by atoms with E-state index in [0.29, 0.717) is 10.9 Å². The second kappa shape index (κ2) is 4.98. The van der Waals surface area contributed by atoms with Crippen molar-refractivity contribution in [1.29, 1.82) is 0 Å². The smallest absolute Gasteiger partial charge is 0.230 e. The van der Waals surface area contributed by atoms with Gasteiger partial charge in [-0.05, 0) is 24.3 Å². The highest BCUT2D eigenvalue weighted by Crippen LogP contribution is 2.21. The molecule has 0 aliphatic rings. The Hall–Kier alpha value is -2.33. The van der Waals surface area contributed by atoms with E-state index in [9.17, 15) is 9.18 Å². The Morgan fingerprint density at radius 2 is 1.85 bits per heavy atom. The first-order valence-corrected chi connectivity index (χ1v) is 6.25. The molecule has 2 aromatic carbocycles. The number of hydrogen-bond donors (Lipinski definition) is 0. The topological polar surface area (TPSA) is 42.9 Å². The minimum absolute atomic E-state index is 0.0423. The molecule has 0 spiro atoms. The molecule has 0 amide bonds. The summed E-state index contributed by atoms with van der Waals surface area (Å²) >= 11 is 6.05. The zero-order valence-electron chi connectivity index (χ0n) is 10.2. The van der Waals surface area contributed by atoms with Crippen LogP contribution >= 0.6 is 11.6 Å². The number of nitrogens with zero attached hydrogens (tertiary/aromatic N) is 2. The summed E-state index contributed by atoms with van der Waals surface area (Å²) in [6, 6.07) is 12.5. The molecule has 0 bridgehead atoms. The maximum Gasteiger partial charge on any atom is 0.230 e. The van der Waals surface area contributed by atoms with Crippen molar-refractivity contribution in [3.63, 3.8) is 0 Å². The average molecular weight is 287 g/mol. The van der Waals surface area contributed by atoms with Gasteiger partial charge in [-0.3, -0.25) is 4.79 Å². The van der Waals surface area contributed by atoms with Gasteiger partial charge in [-0.2, -0.15) is 0 Å². The van der Waals surface area contributed by atoms with E-state index >= 15 is 0 Å². The SMILES string of the molecule is O=C(c1cccc(F)c1)c1nc(Cl)c2ccccc2n1. The number of halogens is 2. The van der Waals surface area contributed by atoms with Crippen molar-refractivity contribution in [1.82, 2.24) is 9.97 Å². The second-order valence-corrected chi connectivity index (χ2v) is 4.55. The minimum Gasteiger partial charge on any atom is -0.285 e. The van der Waals surface area contributed by atoms with Crippen molar-refractivity contribution < 1.29 is 9.18 Å². The normalized spacial score (nSPS) is 10.7. The monoisotopic (exact) mass is 286 g/mol. The fourth-order valence-corrected chi connectivity index (χ4v) is 2.14. The Morgan fingerprint density at radius 3 is 2.65 bits per heavy atom. The van der Waals surface area contributed by atoms with Gasteiger partial charge >= 0.3 is 0 Å². The second-order valence-electron chi connectivity index (χ2n) is 4.19. The standard InChI is InChI=1S/C15H8ClFN2O/c16-14-11-6-1-2-7-12(11)18-15(19-14)13(20)9-4-3-5-10(17)8-9/h1-8H. The Kier molecular flexibility index (Phi) is 3.16. The van der Waals surface area contributed by atoms with Crippen LogP contribution < -0.4 is 0 Å². The molecule has 20 heavy (non-hydrogen) atoms. The fraction of sp³-hybridized carbons (Fsp3) is 0. The molecule has 0 radical (unpaired) electrons. The maximum atomic E-state index is 13.2. The minimum atomic E-state index is -0.484. The fourth-order valence-electron chi connectivity index (χ4n) is 1.90. The molecule has 0 unspecified atom stereocenters. The van der Waals surface area contributed by atoms with Gasteiger partial charge in [0.05, 0.1) is 5.52 Å². The lowest BCUT2D eigenvalue weighted by Gasteiger charge is -2.04. The van der Waals surface area contributed by atoms with Crippen LogP contribution in [0.4, 0.5) is 4.39 Å². The van der Waals surface area contributed by atoms with E-state index in [0.717, 1.165) is 6.07 Å². The molecule has 3 aromatic rings. The van der Waals surface area contributed by atoms with Crippen molar-refractivity contribution in [3.8, 4) is 0 Å². The van der Waals surface area contributed by atoms with Gasteiger partial charge in [0, 0.05) is 10.9 Å². The van der Waals surface area contributed by atoms with Crippen LogP contribution in [0.5, 0.6) is 0 Å². The van der Waals surface area contributed by atoms with Crippen molar-refractivity contribution in [3.05, 3.63) is 70.9 Å². The van der Waals surface area contributed by atoms with Crippen LogP contribution in [0.3, 0.4) is 0 Å². The van der Waals surface area contributed by atoms with E-state index in [2.05, 4.69) is 9.97 Å². The highest BCUT2D eigenvalue weighted by Gasteiger charge is 2.15. The number of para-hydroxylation sites is 1. The number of benzene rings is 2. The van der Waals surface area contributed by atoms with Gasteiger partial charge in [-0.15, -0.1) is 0 Å². The molecule has 0 aliphatic heterocycles. The van der Waals surface area contributed by atoms with Gasteiger partial charge in [0.25, 0.3) is 0 Å². The molecule has 1 heterocycles.